The first-order valence-corrected chi connectivity index (χ1v) is 6.51. The third-order valence-electron chi connectivity index (χ3n) is 2.66. The molecule has 0 saturated carbocycles. The highest BCUT2D eigenvalue weighted by Gasteiger charge is 2.01. The van der Waals surface area contributed by atoms with Crippen molar-refractivity contribution in [3.63, 3.8) is 0 Å². The van der Waals surface area contributed by atoms with Gasteiger partial charge >= 0.3 is 0 Å². The molecule has 1 rings (SSSR count). The summed E-state index contributed by atoms with van der Waals surface area (Å²) in [6.45, 7) is 6.25. The number of para-hydroxylation sites is 1. The Morgan fingerprint density at radius 1 is 1.22 bits per heavy atom. The third kappa shape index (κ3) is 5.84. The molecule has 0 radical (unpaired) electrons. The molecule has 0 amide bonds. The summed E-state index contributed by atoms with van der Waals surface area (Å²) < 4.78 is 5.59. The lowest BCUT2D eigenvalue weighted by Gasteiger charge is -2.10. The number of hydrogen-bond acceptors (Lipinski definition) is 3. The zero-order valence-electron chi connectivity index (χ0n) is 10.9. The van der Waals surface area contributed by atoms with Crippen molar-refractivity contribution < 1.29 is 9.84 Å². The lowest BCUT2D eigenvalue weighted by atomic mass is 10.2. The van der Waals surface area contributed by atoms with Gasteiger partial charge in [0.25, 0.3) is 0 Å². The summed E-state index contributed by atoms with van der Waals surface area (Å²) in [7, 11) is 0. The van der Waals surface area contributed by atoms with Crippen molar-refractivity contribution in [1.82, 2.24) is 5.32 Å². The number of nitrogens with one attached hydrogen (secondary N) is 1. The van der Waals surface area contributed by atoms with E-state index >= 15 is 0 Å². The molecular weight excluding hydrogens is 226 g/mol. The largest absolute Gasteiger partial charge is 0.489 e. The van der Waals surface area contributed by atoms with Crippen LogP contribution in [0.5, 0.6) is 5.75 Å². The normalized spacial score (nSPS) is 10.3. The van der Waals surface area contributed by atoms with E-state index in [1.165, 1.54) is 5.56 Å². The Morgan fingerprint density at radius 3 is 2.83 bits per heavy atom. The minimum Gasteiger partial charge on any atom is -0.489 e. The van der Waals surface area contributed by atoms with Crippen LogP contribution in [0.1, 0.15) is 24.8 Å². The molecule has 0 aliphatic carbocycles. The maximum absolute atomic E-state index is 8.67. The van der Waals surface area contributed by atoms with E-state index in [2.05, 4.69) is 18.0 Å². The smallest absolute Gasteiger partial charge is 0.124 e. The van der Waals surface area contributed by atoms with Crippen LogP contribution in [0.3, 0.4) is 0 Å². The van der Waals surface area contributed by atoms with Crippen LogP contribution in [0.25, 0.3) is 0 Å². The van der Waals surface area contributed by atoms with E-state index in [0.29, 0.717) is 6.61 Å². The molecule has 100 valence electrons. The van der Waals surface area contributed by atoms with Crippen LogP contribution >= 0.6 is 0 Å². The Hall–Kier alpha value is -1.32. The van der Waals surface area contributed by atoms with Gasteiger partial charge in [-0.05, 0) is 31.9 Å². The highest BCUT2D eigenvalue weighted by atomic mass is 16.5. The van der Waals surface area contributed by atoms with Gasteiger partial charge in [-0.2, -0.15) is 0 Å². The highest BCUT2D eigenvalue weighted by molar-refractivity contribution is 5.33. The summed E-state index contributed by atoms with van der Waals surface area (Å²) in [6.07, 6.45) is 4.80. The SMILES string of the molecule is C=CCOc1ccccc1CNCCCCCO. The van der Waals surface area contributed by atoms with E-state index in [1.807, 2.05) is 18.2 Å². The molecule has 0 atom stereocenters. The minimum absolute atomic E-state index is 0.290. The summed E-state index contributed by atoms with van der Waals surface area (Å²) in [6, 6.07) is 8.04. The third-order valence-corrected chi connectivity index (χ3v) is 2.66. The summed E-state index contributed by atoms with van der Waals surface area (Å²) in [5, 5.41) is 12.1. The van der Waals surface area contributed by atoms with Gasteiger partial charge in [0.05, 0.1) is 0 Å². The average molecular weight is 249 g/mol. The van der Waals surface area contributed by atoms with Gasteiger partial charge in [0, 0.05) is 18.7 Å². The van der Waals surface area contributed by atoms with Gasteiger partial charge in [-0.3, -0.25) is 0 Å². The predicted molar refractivity (Wildman–Crippen MR) is 74.8 cm³/mol. The maximum atomic E-state index is 8.67. The monoisotopic (exact) mass is 249 g/mol. The topological polar surface area (TPSA) is 41.5 Å². The lowest BCUT2D eigenvalue weighted by Crippen LogP contribution is -2.15. The van der Waals surface area contributed by atoms with Crippen molar-refractivity contribution in [2.24, 2.45) is 0 Å². The molecule has 18 heavy (non-hydrogen) atoms. The van der Waals surface area contributed by atoms with Gasteiger partial charge in [-0.15, -0.1) is 0 Å². The molecule has 2 N–H and O–H groups in total. The second kappa shape index (κ2) is 9.68. The Kier molecular flexibility index (Phi) is 7.93. The van der Waals surface area contributed by atoms with Crippen molar-refractivity contribution >= 4 is 0 Å². The van der Waals surface area contributed by atoms with E-state index in [9.17, 15) is 0 Å². The number of hydrogen-bond donors (Lipinski definition) is 2. The quantitative estimate of drug-likeness (QED) is 0.494. The molecular formula is C15H23NO2. The van der Waals surface area contributed by atoms with Gasteiger partial charge in [0.15, 0.2) is 0 Å². The molecule has 3 nitrogen and oxygen atoms in total. The summed E-state index contributed by atoms with van der Waals surface area (Å²) >= 11 is 0. The molecule has 0 bridgehead atoms. The van der Waals surface area contributed by atoms with Crippen molar-refractivity contribution in [2.75, 3.05) is 19.8 Å². The fourth-order valence-corrected chi connectivity index (χ4v) is 1.70. The van der Waals surface area contributed by atoms with Crippen LogP contribution in [0, 0.1) is 0 Å². The summed E-state index contributed by atoms with van der Waals surface area (Å²) in [4.78, 5) is 0. The molecule has 0 fully saturated rings. The standard InChI is InChI=1S/C15H23NO2/c1-2-12-18-15-9-5-4-8-14(15)13-16-10-6-3-7-11-17/h2,4-5,8-9,16-17H,1,3,6-7,10-13H2. The zero-order chi connectivity index (χ0) is 13.1. The average Bonchev–Trinajstić information content (AvgIpc) is 2.41. The molecule has 0 heterocycles. The second-order valence-electron chi connectivity index (χ2n) is 4.17. The molecule has 0 unspecified atom stereocenters. The van der Waals surface area contributed by atoms with Crippen molar-refractivity contribution in [3.05, 3.63) is 42.5 Å². The van der Waals surface area contributed by atoms with Crippen molar-refractivity contribution in [3.8, 4) is 5.75 Å². The first kappa shape index (κ1) is 14.7. The van der Waals surface area contributed by atoms with E-state index in [-0.39, 0.29) is 6.61 Å². The van der Waals surface area contributed by atoms with E-state index in [0.717, 1.165) is 38.1 Å². The molecule has 1 aromatic rings. The molecule has 0 aliphatic rings. The van der Waals surface area contributed by atoms with Crippen LogP contribution in [-0.2, 0) is 6.54 Å². The number of benzene rings is 1. The van der Waals surface area contributed by atoms with Crippen LogP contribution in [0.15, 0.2) is 36.9 Å². The van der Waals surface area contributed by atoms with Gasteiger partial charge in [-0.1, -0.05) is 30.9 Å². The van der Waals surface area contributed by atoms with E-state index in [4.69, 9.17) is 9.84 Å². The van der Waals surface area contributed by atoms with Crippen LogP contribution in [-0.4, -0.2) is 24.9 Å². The summed E-state index contributed by atoms with van der Waals surface area (Å²) in [5.74, 6) is 0.917. The van der Waals surface area contributed by atoms with Crippen LogP contribution in [0.4, 0.5) is 0 Å². The fourth-order valence-electron chi connectivity index (χ4n) is 1.70. The summed E-state index contributed by atoms with van der Waals surface area (Å²) in [5.41, 5.74) is 1.17. The number of ether oxygens (including phenoxy) is 1. The molecule has 0 spiro atoms. The highest BCUT2D eigenvalue weighted by Crippen LogP contribution is 2.17. The lowest BCUT2D eigenvalue weighted by molar-refractivity contribution is 0.283. The van der Waals surface area contributed by atoms with Gasteiger partial charge < -0.3 is 15.2 Å². The Labute approximate surface area is 109 Å². The van der Waals surface area contributed by atoms with Crippen molar-refractivity contribution in [2.45, 2.75) is 25.8 Å². The maximum Gasteiger partial charge on any atom is 0.124 e. The molecule has 0 saturated heterocycles. The Morgan fingerprint density at radius 2 is 2.06 bits per heavy atom. The first-order chi connectivity index (χ1) is 8.88. The van der Waals surface area contributed by atoms with Crippen molar-refractivity contribution in [1.29, 1.82) is 0 Å². The van der Waals surface area contributed by atoms with Crippen LogP contribution < -0.4 is 10.1 Å². The number of aliphatic hydroxyl groups excluding tert-OH is 1. The molecule has 0 aromatic heterocycles. The van der Waals surface area contributed by atoms with Gasteiger partial charge in [0.2, 0.25) is 0 Å². The number of unbranched alkanes of at least 4 members (excludes halogenated alkanes) is 2. The first-order valence-electron chi connectivity index (χ1n) is 6.51. The zero-order valence-corrected chi connectivity index (χ0v) is 10.9. The molecule has 1 aromatic carbocycles. The Balaban J connectivity index is 2.29. The fraction of sp³-hybridized carbons (Fsp3) is 0.467. The van der Waals surface area contributed by atoms with Gasteiger partial charge in [0.1, 0.15) is 12.4 Å². The molecule has 0 aliphatic heterocycles. The van der Waals surface area contributed by atoms with E-state index < -0.39 is 0 Å². The molecule has 3 heteroatoms. The minimum atomic E-state index is 0.290. The Bertz CT molecular complexity index is 339. The number of aliphatic hydroxyl groups is 1. The van der Waals surface area contributed by atoms with Gasteiger partial charge in [-0.25, -0.2) is 0 Å². The second-order valence-corrected chi connectivity index (χ2v) is 4.17. The van der Waals surface area contributed by atoms with E-state index in [1.54, 1.807) is 6.08 Å². The number of rotatable bonds is 10. The van der Waals surface area contributed by atoms with Crippen LogP contribution in [0.2, 0.25) is 0 Å². The predicted octanol–water partition coefficient (Wildman–Crippen LogP) is 2.50.